The summed E-state index contributed by atoms with van der Waals surface area (Å²) in [5.74, 6) is -1.08. The lowest BCUT2D eigenvalue weighted by molar-refractivity contribution is 0.0506. The summed E-state index contributed by atoms with van der Waals surface area (Å²) in [6.07, 6.45) is 3.31. The number of aliphatic hydroxyl groups is 1. The average molecular weight is 284 g/mol. The van der Waals surface area contributed by atoms with Gasteiger partial charge in [-0.15, -0.1) is 11.3 Å². The number of carboxylic acid groups (broad SMARTS) is 1. The van der Waals surface area contributed by atoms with E-state index in [0.29, 0.717) is 17.8 Å². The molecule has 0 atom stereocenters. The molecule has 1 heterocycles. The van der Waals surface area contributed by atoms with Gasteiger partial charge in [-0.2, -0.15) is 0 Å². The van der Waals surface area contributed by atoms with Crippen molar-refractivity contribution in [2.75, 3.05) is 11.9 Å². The lowest BCUT2D eigenvalue weighted by Crippen LogP contribution is -2.42. The van der Waals surface area contributed by atoms with E-state index in [4.69, 9.17) is 5.11 Å². The van der Waals surface area contributed by atoms with Crippen molar-refractivity contribution in [2.45, 2.75) is 31.3 Å². The summed E-state index contributed by atoms with van der Waals surface area (Å²) in [5.41, 5.74) is -0.748. The number of hydrogen-bond acceptors (Lipinski definition) is 4. The maximum atomic E-state index is 11.7. The van der Waals surface area contributed by atoms with Crippen LogP contribution in [0.2, 0.25) is 0 Å². The number of carbonyl (C=O) groups is 2. The molecule has 4 N–H and O–H groups in total. The van der Waals surface area contributed by atoms with Crippen LogP contribution < -0.4 is 10.6 Å². The van der Waals surface area contributed by atoms with Crippen LogP contribution in [0.3, 0.4) is 0 Å². The Kier molecular flexibility index (Phi) is 4.06. The maximum Gasteiger partial charge on any atom is 0.338 e. The smallest absolute Gasteiger partial charge is 0.338 e. The molecule has 0 bridgehead atoms. The molecule has 7 heteroatoms. The molecule has 104 valence electrons. The van der Waals surface area contributed by atoms with Crippen LogP contribution in [0.4, 0.5) is 9.80 Å². The molecule has 1 aromatic heterocycles. The number of carboxylic acids is 1. The van der Waals surface area contributed by atoms with E-state index in [1.54, 1.807) is 5.38 Å². The normalized spacial score (nSPS) is 17.1. The molecule has 1 saturated carbocycles. The topological polar surface area (TPSA) is 98.7 Å². The van der Waals surface area contributed by atoms with Crippen LogP contribution in [0, 0.1) is 0 Å². The van der Waals surface area contributed by atoms with Gasteiger partial charge in [0.2, 0.25) is 0 Å². The summed E-state index contributed by atoms with van der Waals surface area (Å²) in [5, 5.41) is 25.9. The van der Waals surface area contributed by atoms with E-state index >= 15 is 0 Å². The van der Waals surface area contributed by atoms with Crippen LogP contribution >= 0.6 is 11.3 Å². The van der Waals surface area contributed by atoms with Crippen LogP contribution in [0.25, 0.3) is 0 Å². The highest BCUT2D eigenvalue weighted by Gasteiger charge is 2.31. The monoisotopic (exact) mass is 284 g/mol. The van der Waals surface area contributed by atoms with Gasteiger partial charge in [-0.05, 0) is 24.3 Å². The van der Waals surface area contributed by atoms with Crippen LogP contribution in [0.1, 0.15) is 36.0 Å². The number of hydrogen-bond donors (Lipinski definition) is 4. The van der Waals surface area contributed by atoms with Crippen LogP contribution in [-0.4, -0.2) is 34.4 Å². The fraction of sp³-hybridized carbons (Fsp3) is 0.500. The predicted octanol–water partition coefficient (Wildman–Crippen LogP) is 1.87. The molecule has 0 aromatic carbocycles. The van der Waals surface area contributed by atoms with Crippen molar-refractivity contribution in [1.82, 2.24) is 5.32 Å². The van der Waals surface area contributed by atoms with Gasteiger partial charge in [0.25, 0.3) is 0 Å². The summed E-state index contributed by atoms with van der Waals surface area (Å²) < 4.78 is 0. The van der Waals surface area contributed by atoms with Crippen molar-refractivity contribution in [3.63, 3.8) is 0 Å². The molecule has 0 aliphatic heterocycles. The number of amides is 2. The minimum Gasteiger partial charge on any atom is -0.478 e. The van der Waals surface area contributed by atoms with Crippen LogP contribution in [0.15, 0.2) is 11.4 Å². The number of nitrogens with one attached hydrogen (secondary N) is 2. The molecule has 19 heavy (non-hydrogen) atoms. The Morgan fingerprint density at radius 3 is 2.68 bits per heavy atom. The molecule has 0 radical (unpaired) electrons. The lowest BCUT2D eigenvalue weighted by atomic mass is 10.0. The Bertz CT molecular complexity index is 480. The Hall–Kier alpha value is -1.60. The summed E-state index contributed by atoms with van der Waals surface area (Å²) in [6.45, 7) is 0.187. The van der Waals surface area contributed by atoms with E-state index in [0.717, 1.165) is 24.2 Å². The van der Waals surface area contributed by atoms with Crippen LogP contribution in [0.5, 0.6) is 0 Å². The third kappa shape index (κ3) is 3.45. The van der Waals surface area contributed by atoms with Gasteiger partial charge in [-0.1, -0.05) is 12.8 Å². The van der Waals surface area contributed by atoms with Crippen molar-refractivity contribution < 1.29 is 19.8 Å². The predicted molar refractivity (Wildman–Crippen MR) is 71.7 cm³/mol. The third-order valence-corrected chi connectivity index (χ3v) is 4.06. The fourth-order valence-electron chi connectivity index (χ4n) is 2.18. The second-order valence-electron chi connectivity index (χ2n) is 4.71. The highest BCUT2D eigenvalue weighted by atomic mass is 32.1. The van der Waals surface area contributed by atoms with Crippen LogP contribution in [-0.2, 0) is 0 Å². The average Bonchev–Trinajstić information content (AvgIpc) is 2.96. The van der Waals surface area contributed by atoms with Gasteiger partial charge in [-0.3, -0.25) is 5.32 Å². The van der Waals surface area contributed by atoms with Gasteiger partial charge in [-0.25, -0.2) is 9.59 Å². The number of anilines is 1. The van der Waals surface area contributed by atoms with Crippen molar-refractivity contribution in [1.29, 1.82) is 0 Å². The molecule has 6 nitrogen and oxygen atoms in total. The first kappa shape index (κ1) is 13.8. The summed E-state index contributed by atoms with van der Waals surface area (Å²) in [4.78, 5) is 22.5. The highest BCUT2D eigenvalue weighted by molar-refractivity contribution is 7.14. The molecule has 2 amide bonds. The SMILES string of the molecule is O=C(NCC1(O)CCCC1)Nc1sccc1C(=O)O. The summed E-state index contributed by atoms with van der Waals surface area (Å²) in [7, 11) is 0. The van der Waals surface area contributed by atoms with E-state index in [1.807, 2.05) is 0 Å². The Labute approximate surface area is 114 Å². The van der Waals surface area contributed by atoms with E-state index in [-0.39, 0.29) is 12.1 Å². The molecule has 2 rings (SSSR count). The standard InChI is InChI=1S/C12H16N2O4S/c15-10(16)8-3-6-19-9(8)14-11(17)13-7-12(18)4-1-2-5-12/h3,6,18H,1-2,4-5,7H2,(H,15,16)(H2,13,14,17). The Morgan fingerprint density at radius 1 is 1.37 bits per heavy atom. The third-order valence-electron chi connectivity index (χ3n) is 3.23. The quantitative estimate of drug-likeness (QED) is 0.678. The second-order valence-corrected chi connectivity index (χ2v) is 5.62. The Morgan fingerprint density at radius 2 is 2.05 bits per heavy atom. The molecule has 0 unspecified atom stereocenters. The molecular weight excluding hydrogens is 268 g/mol. The molecule has 1 aliphatic carbocycles. The maximum absolute atomic E-state index is 11.7. The Balaban J connectivity index is 1.87. The van der Waals surface area contributed by atoms with Crippen molar-refractivity contribution in [3.05, 3.63) is 17.0 Å². The fourth-order valence-corrected chi connectivity index (χ4v) is 2.95. The van der Waals surface area contributed by atoms with Gasteiger partial charge in [0.15, 0.2) is 0 Å². The molecule has 1 aliphatic rings. The van der Waals surface area contributed by atoms with Crippen molar-refractivity contribution >= 4 is 28.3 Å². The van der Waals surface area contributed by atoms with Crippen molar-refractivity contribution in [2.24, 2.45) is 0 Å². The summed E-state index contributed by atoms with van der Waals surface area (Å²) in [6, 6.07) is 0.943. The van der Waals surface area contributed by atoms with E-state index in [2.05, 4.69) is 10.6 Å². The minimum atomic E-state index is -1.08. The number of urea groups is 1. The number of aromatic carboxylic acids is 1. The van der Waals surface area contributed by atoms with E-state index in [1.165, 1.54) is 6.07 Å². The molecular formula is C12H16N2O4S. The number of carbonyl (C=O) groups excluding carboxylic acids is 1. The van der Waals surface area contributed by atoms with Gasteiger partial charge in [0.1, 0.15) is 5.00 Å². The number of thiophene rings is 1. The summed E-state index contributed by atoms with van der Waals surface area (Å²) >= 11 is 1.15. The molecule has 1 aromatic rings. The van der Waals surface area contributed by atoms with Crippen molar-refractivity contribution in [3.8, 4) is 0 Å². The first-order chi connectivity index (χ1) is 9.00. The zero-order chi connectivity index (χ0) is 13.9. The molecule has 0 saturated heterocycles. The highest BCUT2D eigenvalue weighted by Crippen LogP contribution is 2.28. The largest absolute Gasteiger partial charge is 0.478 e. The number of rotatable bonds is 4. The van der Waals surface area contributed by atoms with E-state index < -0.39 is 17.6 Å². The van der Waals surface area contributed by atoms with Gasteiger partial charge >= 0.3 is 12.0 Å². The van der Waals surface area contributed by atoms with E-state index in [9.17, 15) is 14.7 Å². The second kappa shape index (κ2) is 5.58. The first-order valence-corrected chi connectivity index (χ1v) is 6.96. The zero-order valence-electron chi connectivity index (χ0n) is 10.3. The molecule has 1 fully saturated rings. The van der Waals surface area contributed by atoms with Gasteiger partial charge < -0.3 is 15.5 Å². The molecule has 0 spiro atoms. The first-order valence-electron chi connectivity index (χ1n) is 6.08. The zero-order valence-corrected chi connectivity index (χ0v) is 11.1. The lowest BCUT2D eigenvalue weighted by Gasteiger charge is -2.22. The van der Waals surface area contributed by atoms with Gasteiger partial charge in [0.05, 0.1) is 11.2 Å². The minimum absolute atomic E-state index is 0.0692. The van der Waals surface area contributed by atoms with Gasteiger partial charge in [0, 0.05) is 6.54 Å².